The molecule has 1 aromatic rings. The van der Waals surface area contributed by atoms with Crippen molar-refractivity contribution in [3.05, 3.63) is 35.4 Å². The lowest BCUT2D eigenvalue weighted by molar-refractivity contribution is 0.0696. The number of rotatable bonds is 10. The molecule has 3 N–H and O–H groups in total. The van der Waals surface area contributed by atoms with E-state index in [0.29, 0.717) is 12.1 Å². The van der Waals surface area contributed by atoms with Crippen molar-refractivity contribution in [1.29, 1.82) is 0 Å². The average Bonchev–Trinajstić information content (AvgIpc) is 2.65. The van der Waals surface area contributed by atoms with Gasteiger partial charge in [0.15, 0.2) is 6.16 Å². The van der Waals surface area contributed by atoms with E-state index in [1.165, 1.54) is 19.3 Å². The first kappa shape index (κ1) is 21.0. The van der Waals surface area contributed by atoms with Crippen molar-refractivity contribution in [3.8, 4) is 0 Å². The molecule has 0 saturated heterocycles. The van der Waals surface area contributed by atoms with E-state index >= 15 is 0 Å². The molecule has 1 aliphatic carbocycles. The van der Waals surface area contributed by atoms with E-state index in [4.69, 9.17) is 9.63 Å². The summed E-state index contributed by atoms with van der Waals surface area (Å²) in [5.41, 5.74) is 1.07. The Labute approximate surface area is 155 Å². The summed E-state index contributed by atoms with van der Waals surface area (Å²) < 4.78 is 17.4. The summed E-state index contributed by atoms with van der Waals surface area (Å²) in [6, 6.07) is 6.59. The quantitative estimate of drug-likeness (QED) is 0.534. The van der Waals surface area contributed by atoms with Crippen LogP contribution in [-0.4, -0.2) is 41.6 Å². The third-order valence-corrected chi connectivity index (χ3v) is 6.09. The highest BCUT2D eigenvalue weighted by molar-refractivity contribution is 7.39. The molecule has 1 saturated carbocycles. The Bertz CT molecular complexity index is 603. The molecule has 0 heterocycles. The normalized spacial score (nSPS) is 18.3. The topological polar surface area (TPSA) is 95.9 Å². The second-order valence-corrected chi connectivity index (χ2v) is 8.32. The Kier molecular flexibility index (Phi) is 8.66. The number of carboxylic acids is 1. The molecule has 1 aliphatic rings. The van der Waals surface area contributed by atoms with Crippen molar-refractivity contribution < 1.29 is 24.1 Å². The van der Waals surface area contributed by atoms with Gasteiger partial charge in [-0.25, -0.2) is 4.79 Å². The number of benzene rings is 1. The molecule has 1 aromatic carbocycles. The molecule has 0 bridgehead atoms. The lowest BCUT2D eigenvalue weighted by Crippen LogP contribution is -2.31. The minimum atomic E-state index is -1.72. The van der Waals surface area contributed by atoms with Crippen molar-refractivity contribution >= 4 is 14.0 Å². The highest BCUT2D eigenvalue weighted by Gasteiger charge is 2.27. The van der Waals surface area contributed by atoms with Crippen LogP contribution in [0.1, 0.15) is 61.0 Å². The Morgan fingerprint density at radius 2 is 2.08 bits per heavy atom. The Morgan fingerprint density at radius 3 is 2.77 bits per heavy atom. The van der Waals surface area contributed by atoms with Crippen LogP contribution in [0.4, 0.5) is 0 Å². The zero-order valence-corrected chi connectivity index (χ0v) is 16.2. The molecule has 26 heavy (non-hydrogen) atoms. The van der Waals surface area contributed by atoms with E-state index in [9.17, 15) is 14.5 Å². The van der Waals surface area contributed by atoms with Crippen molar-refractivity contribution in [2.45, 2.75) is 51.2 Å². The minimum absolute atomic E-state index is 0.0385. The Balaban J connectivity index is 1.69. The van der Waals surface area contributed by atoms with Gasteiger partial charge < -0.3 is 15.5 Å². The number of aliphatic hydroxyl groups is 1. The van der Waals surface area contributed by atoms with E-state index in [-0.39, 0.29) is 24.8 Å². The van der Waals surface area contributed by atoms with Gasteiger partial charge in [0, 0.05) is 18.5 Å². The highest BCUT2D eigenvalue weighted by Crippen LogP contribution is 2.33. The largest absolute Gasteiger partial charge is 0.508 e. The molecule has 0 aromatic heterocycles. The van der Waals surface area contributed by atoms with Crippen LogP contribution in [-0.2, 0) is 9.09 Å². The maximum Gasteiger partial charge on any atom is 0.508 e. The molecular formula is C19H29NO5P+. The van der Waals surface area contributed by atoms with Crippen LogP contribution in [0.5, 0.6) is 0 Å². The van der Waals surface area contributed by atoms with Crippen molar-refractivity contribution in [2.24, 2.45) is 5.92 Å². The van der Waals surface area contributed by atoms with Crippen molar-refractivity contribution in [2.75, 3.05) is 19.3 Å². The molecule has 7 heteroatoms. The number of nitrogens with one attached hydrogen (secondary N) is 1. The van der Waals surface area contributed by atoms with E-state index in [1.807, 2.05) is 13.0 Å². The minimum Gasteiger partial charge on any atom is -0.478 e. The summed E-state index contributed by atoms with van der Waals surface area (Å²) in [5.74, 6) is -0.474. The van der Waals surface area contributed by atoms with Gasteiger partial charge in [0.2, 0.25) is 0 Å². The lowest BCUT2D eigenvalue weighted by atomic mass is 9.91. The lowest BCUT2D eigenvalue weighted by Gasteiger charge is -2.17. The standard InChI is InChI=1S/C19H28NO5P/c1-14(16-8-5-9-17(10-16)19(22)23)20-11-18(21)12-25-26(24)13-15-6-3-2-4-7-15/h5,8-10,14-15,18,20-21H,2-4,6-7,11-13H2,1H3/p+1/t14-,18-/m0/s1. The molecule has 0 aliphatic heterocycles. The Hall–Kier alpha value is -1.33. The molecule has 0 spiro atoms. The number of hydrogen-bond donors (Lipinski definition) is 3. The third-order valence-electron chi connectivity index (χ3n) is 4.84. The number of carbonyl (C=O) groups is 1. The average molecular weight is 382 g/mol. The zero-order valence-electron chi connectivity index (χ0n) is 15.3. The maximum absolute atomic E-state index is 12.0. The van der Waals surface area contributed by atoms with Gasteiger partial charge in [0.25, 0.3) is 0 Å². The molecule has 1 unspecified atom stereocenters. The van der Waals surface area contributed by atoms with Gasteiger partial charge in [-0.05, 0) is 42.0 Å². The van der Waals surface area contributed by atoms with Gasteiger partial charge in [-0.1, -0.05) is 31.4 Å². The molecule has 0 amide bonds. The van der Waals surface area contributed by atoms with Crippen LogP contribution < -0.4 is 5.32 Å². The van der Waals surface area contributed by atoms with Crippen LogP contribution in [0.15, 0.2) is 24.3 Å². The first-order chi connectivity index (χ1) is 12.5. The number of aliphatic hydroxyl groups excluding tert-OH is 1. The summed E-state index contributed by atoms with van der Waals surface area (Å²) in [7, 11) is -1.72. The van der Waals surface area contributed by atoms with Crippen LogP contribution in [0.25, 0.3) is 0 Å². The highest BCUT2D eigenvalue weighted by atomic mass is 31.1. The smallest absolute Gasteiger partial charge is 0.478 e. The first-order valence-electron chi connectivity index (χ1n) is 9.28. The molecule has 144 valence electrons. The summed E-state index contributed by atoms with van der Waals surface area (Å²) in [6.45, 7) is 2.22. The number of carboxylic acid groups (broad SMARTS) is 1. The Morgan fingerprint density at radius 1 is 1.35 bits per heavy atom. The fraction of sp³-hybridized carbons (Fsp3) is 0.632. The van der Waals surface area contributed by atoms with Crippen LogP contribution in [0, 0.1) is 5.92 Å². The zero-order chi connectivity index (χ0) is 18.9. The molecule has 0 radical (unpaired) electrons. The number of hydrogen-bond acceptors (Lipinski definition) is 5. The molecule has 3 atom stereocenters. The van der Waals surface area contributed by atoms with E-state index < -0.39 is 20.1 Å². The molecule has 1 fully saturated rings. The van der Waals surface area contributed by atoms with E-state index in [0.717, 1.165) is 18.4 Å². The van der Waals surface area contributed by atoms with Gasteiger partial charge in [-0.2, -0.15) is 0 Å². The second-order valence-electron chi connectivity index (χ2n) is 7.03. The van der Waals surface area contributed by atoms with Gasteiger partial charge in [0.1, 0.15) is 6.61 Å². The molecular weight excluding hydrogens is 353 g/mol. The van der Waals surface area contributed by atoms with Crippen molar-refractivity contribution in [3.63, 3.8) is 0 Å². The van der Waals surface area contributed by atoms with E-state index in [1.54, 1.807) is 18.2 Å². The van der Waals surface area contributed by atoms with Crippen LogP contribution in [0.2, 0.25) is 0 Å². The summed E-state index contributed by atoms with van der Waals surface area (Å²) in [6.07, 6.45) is 5.77. The fourth-order valence-corrected chi connectivity index (χ4v) is 4.46. The van der Waals surface area contributed by atoms with Crippen molar-refractivity contribution in [1.82, 2.24) is 5.32 Å². The van der Waals surface area contributed by atoms with Gasteiger partial charge in [0.05, 0.1) is 11.7 Å². The summed E-state index contributed by atoms with van der Waals surface area (Å²) >= 11 is 0. The van der Waals surface area contributed by atoms with Crippen LogP contribution >= 0.6 is 8.03 Å². The second kappa shape index (κ2) is 10.7. The fourth-order valence-electron chi connectivity index (χ4n) is 3.23. The predicted octanol–water partition coefficient (Wildman–Crippen LogP) is 3.74. The monoisotopic (exact) mass is 382 g/mol. The van der Waals surface area contributed by atoms with Crippen LogP contribution in [0.3, 0.4) is 0 Å². The van der Waals surface area contributed by atoms with Gasteiger partial charge >= 0.3 is 14.0 Å². The number of aromatic carboxylic acids is 1. The third kappa shape index (κ3) is 7.12. The van der Waals surface area contributed by atoms with Gasteiger partial charge in [-0.15, -0.1) is 4.52 Å². The molecule has 6 nitrogen and oxygen atoms in total. The molecule has 2 rings (SSSR count). The van der Waals surface area contributed by atoms with Gasteiger partial charge in [-0.3, -0.25) is 0 Å². The van der Waals surface area contributed by atoms with E-state index in [2.05, 4.69) is 5.32 Å². The first-order valence-corrected chi connectivity index (χ1v) is 10.6. The SMILES string of the molecule is C[C@H](NC[C@H](O)CO[P+](=O)CC1CCCCC1)c1cccc(C(=O)O)c1. The summed E-state index contributed by atoms with van der Waals surface area (Å²) in [4.78, 5) is 11.0. The predicted molar refractivity (Wildman–Crippen MR) is 101 cm³/mol. The summed E-state index contributed by atoms with van der Waals surface area (Å²) in [5, 5.41) is 22.2. The maximum atomic E-state index is 12.0.